The zero-order valence-corrected chi connectivity index (χ0v) is 12.6. The van der Waals surface area contributed by atoms with Crippen molar-refractivity contribution in [3.8, 4) is 0 Å². The lowest BCUT2D eigenvalue weighted by Crippen LogP contribution is -2.45. The van der Waals surface area contributed by atoms with Crippen LogP contribution >= 0.6 is 22.6 Å². The lowest BCUT2D eigenvalue weighted by molar-refractivity contribution is -0.0191. The molecule has 0 saturated carbocycles. The first-order valence-electron chi connectivity index (χ1n) is 6.22. The molecular formula is C13H18FIN2O. The van der Waals surface area contributed by atoms with Crippen LogP contribution in [0.5, 0.6) is 0 Å². The van der Waals surface area contributed by atoms with Crippen LogP contribution in [0, 0.1) is 9.39 Å². The summed E-state index contributed by atoms with van der Waals surface area (Å²) in [5.41, 5.74) is 0.967. The van der Waals surface area contributed by atoms with Gasteiger partial charge in [-0.25, -0.2) is 4.39 Å². The van der Waals surface area contributed by atoms with E-state index in [1.807, 2.05) is 0 Å². The van der Waals surface area contributed by atoms with Crippen LogP contribution in [-0.2, 0) is 4.74 Å². The molecule has 0 aromatic heterocycles. The number of morpholine rings is 1. The van der Waals surface area contributed by atoms with Crippen LogP contribution in [0.1, 0.15) is 6.92 Å². The molecule has 0 radical (unpaired) electrons. The molecule has 1 saturated heterocycles. The second kappa shape index (κ2) is 6.68. The maximum atomic E-state index is 13.0. The largest absolute Gasteiger partial charge is 0.382 e. The van der Waals surface area contributed by atoms with Crippen LogP contribution in [0.2, 0.25) is 0 Å². The fraction of sp³-hybridized carbons (Fsp3) is 0.538. The van der Waals surface area contributed by atoms with Gasteiger partial charge in [-0.15, -0.1) is 0 Å². The summed E-state index contributed by atoms with van der Waals surface area (Å²) in [5, 5.41) is 3.33. The molecule has 1 atom stereocenters. The highest BCUT2D eigenvalue weighted by molar-refractivity contribution is 14.1. The van der Waals surface area contributed by atoms with Gasteiger partial charge in [0.25, 0.3) is 0 Å². The Hall–Kier alpha value is -0.400. The fourth-order valence-electron chi connectivity index (χ4n) is 2.05. The van der Waals surface area contributed by atoms with Gasteiger partial charge in [0.05, 0.1) is 12.7 Å². The van der Waals surface area contributed by atoms with E-state index < -0.39 is 0 Å². The van der Waals surface area contributed by atoms with E-state index in [4.69, 9.17) is 4.74 Å². The van der Waals surface area contributed by atoms with Crippen molar-refractivity contribution in [1.82, 2.24) is 4.90 Å². The van der Waals surface area contributed by atoms with Crippen LogP contribution in [-0.4, -0.2) is 43.8 Å². The maximum Gasteiger partial charge on any atom is 0.124 e. The summed E-state index contributed by atoms with van der Waals surface area (Å²) in [6.07, 6.45) is 0.208. The van der Waals surface area contributed by atoms with E-state index in [9.17, 15) is 4.39 Å². The minimum Gasteiger partial charge on any atom is -0.382 e. The molecule has 3 nitrogen and oxygen atoms in total. The van der Waals surface area contributed by atoms with Crippen LogP contribution in [0.3, 0.4) is 0 Å². The molecule has 1 unspecified atom stereocenters. The zero-order valence-electron chi connectivity index (χ0n) is 10.5. The molecule has 1 fully saturated rings. The van der Waals surface area contributed by atoms with Gasteiger partial charge in [0.15, 0.2) is 0 Å². The number of halogens is 2. The molecular weight excluding hydrogens is 346 g/mol. The number of anilines is 1. The van der Waals surface area contributed by atoms with Crippen molar-refractivity contribution in [2.75, 3.05) is 38.1 Å². The molecule has 2 rings (SSSR count). The van der Waals surface area contributed by atoms with Gasteiger partial charge in [-0.3, -0.25) is 4.90 Å². The van der Waals surface area contributed by atoms with Gasteiger partial charge in [-0.1, -0.05) is 6.92 Å². The van der Waals surface area contributed by atoms with Gasteiger partial charge in [0.2, 0.25) is 0 Å². The van der Waals surface area contributed by atoms with Crippen molar-refractivity contribution >= 4 is 28.3 Å². The third kappa shape index (κ3) is 3.80. The molecule has 1 aliphatic heterocycles. The molecule has 18 heavy (non-hydrogen) atoms. The Kier molecular flexibility index (Phi) is 5.20. The van der Waals surface area contributed by atoms with E-state index in [1.165, 1.54) is 12.1 Å². The summed E-state index contributed by atoms with van der Waals surface area (Å²) >= 11 is 2.14. The quantitative estimate of drug-likeness (QED) is 0.832. The third-order valence-electron chi connectivity index (χ3n) is 3.12. The number of hydrogen-bond donors (Lipinski definition) is 1. The fourth-order valence-corrected chi connectivity index (χ4v) is 2.72. The molecule has 100 valence electrons. The van der Waals surface area contributed by atoms with Gasteiger partial charge >= 0.3 is 0 Å². The summed E-state index contributed by atoms with van der Waals surface area (Å²) in [6, 6.07) is 4.78. The molecule has 1 aliphatic rings. The van der Waals surface area contributed by atoms with Crippen molar-refractivity contribution in [1.29, 1.82) is 0 Å². The van der Waals surface area contributed by atoms with Crippen LogP contribution in [0.4, 0.5) is 10.1 Å². The smallest absolute Gasteiger partial charge is 0.124 e. The van der Waals surface area contributed by atoms with Crippen molar-refractivity contribution in [3.05, 3.63) is 27.6 Å². The first-order valence-corrected chi connectivity index (χ1v) is 7.29. The lowest BCUT2D eigenvalue weighted by Gasteiger charge is -2.32. The molecule has 0 amide bonds. The number of nitrogens with one attached hydrogen (secondary N) is 1. The van der Waals surface area contributed by atoms with Gasteiger partial charge in [0.1, 0.15) is 5.82 Å². The third-order valence-corrected chi connectivity index (χ3v) is 4.01. The zero-order chi connectivity index (χ0) is 13.0. The number of hydrogen-bond acceptors (Lipinski definition) is 3. The predicted octanol–water partition coefficient (Wildman–Crippen LogP) is 2.56. The maximum absolute atomic E-state index is 13.0. The Morgan fingerprint density at radius 2 is 2.39 bits per heavy atom. The van der Waals surface area contributed by atoms with Gasteiger partial charge in [-0.2, -0.15) is 0 Å². The monoisotopic (exact) mass is 364 g/mol. The Morgan fingerprint density at radius 1 is 1.56 bits per heavy atom. The second-order valence-corrected chi connectivity index (χ2v) is 5.55. The Balaban J connectivity index is 1.87. The summed E-state index contributed by atoms with van der Waals surface area (Å²) < 4.78 is 19.6. The molecule has 0 bridgehead atoms. The van der Waals surface area contributed by atoms with E-state index in [-0.39, 0.29) is 11.9 Å². The van der Waals surface area contributed by atoms with E-state index >= 15 is 0 Å². The lowest BCUT2D eigenvalue weighted by atomic mass is 10.2. The Bertz CT molecular complexity index is 403. The Morgan fingerprint density at radius 3 is 3.11 bits per heavy atom. The minimum atomic E-state index is -0.198. The Labute approximate surface area is 121 Å². The molecule has 0 spiro atoms. The van der Waals surface area contributed by atoms with Crippen molar-refractivity contribution in [3.63, 3.8) is 0 Å². The summed E-state index contributed by atoms with van der Waals surface area (Å²) in [7, 11) is 0. The van der Waals surface area contributed by atoms with Crippen molar-refractivity contribution in [2.24, 2.45) is 0 Å². The molecule has 1 heterocycles. The summed E-state index contributed by atoms with van der Waals surface area (Å²) in [5.74, 6) is -0.198. The SMILES string of the molecule is CCN1CCOC(CNc2ccc(F)cc2I)C1. The topological polar surface area (TPSA) is 24.5 Å². The average molecular weight is 364 g/mol. The molecule has 1 N–H and O–H groups in total. The number of rotatable bonds is 4. The van der Waals surface area contributed by atoms with E-state index in [2.05, 4.69) is 39.7 Å². The molecule has 1 aromatic carbocycles. The average Bonchev–Trinajstić information content (AvgIpc) is 2.38. The molecule has 0 aliphatic carbocycles. The summed E-state index contributed by atoms with van der Waals surface area (Å²) in [4.78, 5) is 2.38. The summed E-state index contributed by atoms with van der Waals surface area (Å²) in [6.45, 7) is 6.76. The van der Waals surface area contributed by atoms with E-state index in [0.717, 1.165) is 42.0 Å². The normalized spacial score (nSPS) is 20.9. The van der Waals surface area contributed by atoms with Gasteiger partial charge in [-0.05, 0) is 47.3 Å². The number of nitrogens with zero attached hydrogens (tertiary/aromatic N) is 1. The highest BCUT2D eigenvalue weighted by Crippen LogP contribution is 2.19. The van der Waals surface area contributed by atoms with Crippen LogP contribution in [0.25, 0.3) is 0 Å². The van der Waals surface area contributed by atoms with E-state index in [0.29, 0.717) is 0 Å². The first-order chi connectivity index (χ1) is 8.69. The highest BCUT2D eigenvalue weighted by atomic mass is 127. The van der Waals surface area contributed by atoms with Crippen LogP contribution < -0.4 is 5.32 Å². The standard InChI is InChI=1S/C13H18FIN2O/c1-2-17-5-6-18-11(9-17)8-16-13-4-3-10(14)7-12(13)15/h3-4,7,11,16H,2,5-6,8-9H2,1H3. The minimum absolute atomic E-state index is 0.198. The van der Waals surface area contributed by atoms with Crippen LogP contribution in [0.15, 0.2) is 18.2 Å². The van der Waals surface area contributed by atoms with Gasteiger partial charge < -0.3 is 10.1 Å². The van der Waals surface area contributed by atoms with Crippen molar-refractivity contribution < 1.29 is 9.13 Å². The predicted molar refractivity (Wildman–Crippen MR) is 79.5 cm³/mol. The highest BCUT2D eigenvalue weighted by Gasteiger charge is 2.19. The van der Waals surface area contributed by atoms with Gasteiger partial charge in [0, 0.05) is 28.9 Å². The van der Waals surface area contributed by atoms with Crippen molar-refractivity contribution in [2.45, 2.75) is 13.0 Å². The number of ether oxygens (including phenoxy) is 1. The molecule has 1 aromatic rings. The molecule has 5 heteroatoms. The van der Waals surface area contributed by atoms with E-state index in [1.54, 1.807) is 6.07 Å². The number of likely N-dealkylation sites (N-methyl/N-ethyl adjacent to an activating group) is 1. The second-order valence-electron chi connectivity index (χ2n) is 4.39. The first kappa shape index (κ1) is 14.0. The number of benzene rings is 1.